The molecule has 0 bridgehead atoms. The molecule has 0 aromatic rings. The van der Waals surface area contributed by atoms with Crippen molar-refractivity contribution in [2.75, 3.05) is 7.05 Å². The molecule has 0 heterocycles. The van der Waals surface area contributed by atoms with Crippen LogP contribution in [-0.2, 0) is 0 Å². The Balaban J connectivity index is -0.000000000500. The molecule has 0 atom stereocenters. The predicted octanol–water partition coefficient (Wildman–Crippen LogP) is 2.46. The summed E-state index contributed by atoms with van der Waals surface area (Å²) >= 11 is 0. The van der Waals surface area contributed by atoms with Crippen molar-refractivity contribution in [1.29, 1.82) is 0 Å². The van der Waals surface area contributed by atoms with Crippen LogP contribution in [0.25, 0.3) is 0 Å². The third kappa shape index (κ3) is 60.7. The van der Waals surface area contributed by atoms with E-state index in [1.807, 2.05) is 0 Å². The van der Waals surface area contributed by atoms with Gasteiger partial charge in [-0.05, 0) is 7.05 Å². The van der Waals surface area contributed by atoms with Crippen LogP contribution in [0, 0.1) is 0 Å². The number of nitrogens with two attached hydrogens (primary N) is 1. The molecule has 0 aliphatic rings. The van der Waals surface area contributed by atoms with E-state index < -0.39 is 0 Å². The zero-order valence-electron chi connectivity index (χ0n) is 3.62. The summed E-state index contributed by atoms with van der Waals surface area (Å²) < 4.78 is 0. The van der Waals surface area contributed by atoms with E-state index in [4.69, 9.17) is 0 Å². The molecule has 0 spiro atoms. The number of hydrogen-bond acceptors (Lipinski definition) is 1. The summed E-state index contributed by atoms with van der Waals surface area (Å²) in [6.07, 6.45) is 0. The maximum absolute atomic E-state index is 4.50. The molecule has 0 aromatic heterocycles. The predicted molar refractivity (Wildman–Crippen MR) is 61.7 cm³/mol. The van der Waals surface area contributed by atoms with Crippen LogP contribution >= 0.6 is 84.9 Å². The molecule has 0 fully saturated rings. The van der Waals surface area contributed by atoms with Gasteiger partial charge < -0.3 is 5.73 Å². The van der Waals surface area contributed by atoms with Crippen molar-refractivity contribution in [1.82, 2.24) is 0 Å². The topological polar surface area (TPSA) is 26.0 Å². The van der Waals surface area contributed by atoms with E-state index in [0.717, 1.165) is 0 Å². The standard InChI is InChI=1S/CH5N.5BrH/c1-2;;;;;/h2H2,1H3;5*1H. The fourth-order valence-corrected chi connectivity index (χ4v) is 0. The summed E-state index contributed by atoms with van der Waals surface area (Å²) in [6, 6.07) is 0. The molecule has 0 rings (SSSR count). The lowest BCUT2D eigenvalue weighted by atomic mass is 11.6. The van der Waals surface area contributed by atoms with Gasteiger partial charge in [0.1, 0.15) is 0 Å². The van der Waals surface area contributed by atoms with E-state index in [9.17, 15) is 0 Å². The molecule has 0 amide bonds. The molecular weight excluding hydrogens is 426 g/mol. The third-order valence-corrected chi connectivity index (χ3v) is 0. The van der Waals surface area contributed by atoms with Crippen LogP contribution in [0.1, 0.15) is 0 Å². The van der Waals surface area contributed by atoms with Gasteiger partial charge in [-0.3, -0.25) is 0 Å². The molecule has 0 unspecified atom stereocenters. The maximum atomic E-state index is 4.50. The van der Waals surface area contributed by atoms with Crippen LogP contribution in [0.2, 0.25) is 0 Å². The molecule has 0 aromatic carbocycles. The second kappa shape index (κ2) is 81.3. The average molecular weight is 436 g/mol. The van der Waals surface area contributed by atoms with E-state index in [-0.39, 0.29) is 84.9 Å². The van der Waals surface area contributed by atoms with Crippen LogP contribution < -0.4 is 5.73 Å². The summed E-state index contributed by atoms with van der Waals surface area (Å²) in [5.74, 6) is 0. The largest absolute Gasteiger partial charge is 0.333 e. The van der Waals surface area contributed by atoms with Gasteiger partial charge in [0.2, 0.25) is 0 Å². The monoisotopic (exact) mass is 431 g/mol. The molecular formula is CH10Br5N. The highest BCUT2D eigenvalue weighted by molar-refractivity contribution is 8.93. The highest BCUT2D eigenvalue weighted by Crippen LogP contribution is 0.850. The van der Waals surface area contributed by atoms with Crippen LogP contribution in [0.15, 0.2) is 0 Å². The van der Waals surface area contributed by atoms with Gasteiger partial charge in [-0.25, -0.2) is 0 Å². The minimum Gasteiger partial charge on any atom is -0.333 e. The van der Waals surface area contributed by atoms with Crippen LogP contribution in [-0.4, -0.2) is 7.05 Å². The minimum absolute atomic E-state index is 0. The number of hydrogen-bond donors (Lipinski definition) is 1. The van der Waals surface area contributed by atoms with Gasteiger partial charge in [0.05, 0.1) is 0 Å². The zero-order valence-corrected chi connectivity index (χ0v) is 12.2. The van der Waals surface area contributed by atoms with Crippen molar-refractivity contribution >= 4 is 84.9 Å². The molecule has 0 saturated heterocycles. The highest BCUT2D eigenvalue weighted by Gasteiger charge is 0.836. The van der Waals surface area contributed by atoms with Gasteiger partial charge in [-0.2, -0.15) is 0 Å². The fourth-order valence-electron chi connectivity index (χ4n) is 0. The summed E-state index contributed by atoms with van der Waals surface area (Å²) in [7, 11) is 1.50. The van der Waals surface area contributed by atoms with E-state index in [1.54, 1.807) is 0 Å². The molecule has 0 aliphatic carbocycles. The molecule has 0 aliphatic heterocycles. The summed E-state index contributed by atoms with van der Waals surface area (Å²) in [4.78, 5) is 0. The molecule has 0 radical (unpaired) electrons. The lowest BCUT2D eigenvalue weighted by Gasteiger charge is -1.19. The van der Waals surface area contributed by atoms with Crippen LogP contribution in [0.4, 0.5) is 0 Å². The van der Waals surface area contributed by atoms with Gasteiger partial charge in [0, 0.05) is 0 Å². The second-order valence-corrected chi connectivity index (χ2v) is 0. The number of halogens is 5. The normalized spacial score (nSPS) is 0.857. The van der Waals surface area contributed by atoms with Crippen LogP contribution in [0.5, 0.6) is 0 Å². The lowest BCUT2D eigenvalue weighted by molar-refractivity contribution is 1.48. The Bertz CT molecular complexity index is 8.04. The second-order valence-electron chi connectivity index (χ2n) is 0. The van der Waals surface area contributed by atoms with Crippen molar-refractivity contribution in [3.63, 3.8) is 0 Å². The van der Waals surface area contributed by atoms with E-state index in [1.165, 1.54) is 7.05 Å². The maximum Gasteiger partial charge on any atom is -0.0195 e. The summed E-state index contributed by atoms with van der Waals surface area (Å²) in [6.45, 7) is 0. The lowest BCUT2D eigenvalue weighted by Crippen LogP contribution is -1.69. The quantitative estimate of drug-likeness (QED) is 0.622. The van der Waals surface area contributed by atoms with Crippen molar-refractivity contribution in [3.05, 3.63) is 0 Å². The van der Waals surface area contributed by atoms with Crippen molar-refractivity contribution < 1.29 is 0 Å². The Morgan fingerprint density at radius 1 is 0.571 bits per heavy atom. The Morgan fingerprint density at radius 2 is 0.571 bits per heavy atom. The Morgan fingerprint density at radius 3 is 0.571 bits per heavy atom. The average Bonchev–Trinajstić information content (AvgIpc) is 1.00. The summed E-state index contributed by atoms with van der Waals surface area (Å²) in [5, 5.41) is 0. The van der Waals surface area contributed by atoms with E-state index >= 15 is 0 Å². The fraction of sp³-hybridized carbons (Fsp3) is 1.00. The first kappa shape index (κ1) is 57.9. The van der Waals surface area contributed by atoms with E-state index in [2.05, 4.69) is 5.73 Å². The molecule has 6 heteroatoms. The highest BCUT2D eigenvalue weighted by atomic mass is 79.9. The number of rotatable bonds is 0. The third-order valence-electron chi connectivity index (χ3n) is 0. The van der Waals surface area contributed by atoms with Crippen LogP contribution in [0.3, 0.4) is 0 Å². The molecule has 7 heavy (non-hydrogen) atoms. The molecule has 2 N–H and O–H groups in total. The first-order valence-corrected chi connectivity index (χ1v) is 0.577. The molecule has 0 saturated carbocycles. The first-order chi connectivity index (χ1) is 1.00. The smallest absolute Gasteiger partial charge is 0.0195 e. The van der Waals surface area contributed by atoms with Gasteiger partial charge in [0.15, 0.2) is 0 Å². The zero-order chi connectivity index (χ0) is 2.00. The molecule has 54 valence electrons. The first-order valence-electron chi connectivity index (χ1n) is 0.577. The van der Waals surface area contributed by atoms with E-state index in [0.29, 0.717) is 0 Å². The Labute approximate surface area is 96.6 Å². The van der Waals surface area contributed by atoms with Gasteiger partial charge >= 0.3 is 0 Å². The van der Waals surface area contributed by atoms with Gasteiger partial charge in [0.25, 0.3) is 0 Å². The Hall–Kier alpha value is 2.36. The SMILES string of the molecule is Br.Br.Br.Br.Br.CN. The van der Waals surface area contributed by atoms with Crippen molar-refractivity contribution in [2.24, 2.45) is 5.73 Å². The van der Waals surface area contributed by atoms with Crippen molar-refractivity contribution in [2.45, 2.75) is 0 Å². The van der Waals surface area contributed by atoms with Gasteiger partial charge in [-0.1, -0.05) is 0 Å². The molecule has 1 nitrogen and oxygen atoms in total. The van der Waals surface area contributed by atoms with Gasteiger partial charge in [-0.15, -0.1) is 84.9 Å². The minimum atomic E-state index is 0. The van der Waals surface area contributed by atoms with Crippen molar-refractivity contribution in [3.8, 4) is 0 Å². The Kier molecular flexibility index (Phi) is 673. The summed E-state index contributed by atoms with van der Waals surface area (Å²) in [5.41, 5.74) is 4.50.